The van der Waals surface area contributed by atoms with Gasteiger partial charge in [0, 0.05) is 27.1 Å². The van der Waals surface area contributed by atoms with Gasteiger partial charge in [0.2, 0.25) is 0 Å². The number of ether oxygens (including phenoxy) is 1. The van der Waals surface area contributed by atoms with Gasteiger partial charge in [0.15, 0.2) is 5.43 Å². The van der Waals surface area contributed by atoms with Crippen LogP contribution in [0.25, 0.3) is 22.2 Å². The van der Waals surface area contributed by atoms with Gasteiger partial charge in [-0.05, 0) is 42.8 Å². The Morgan fingerprint density at radius 1 is 1.13 bits per heavy atom. The number of carbonyl (C=O) groups excluding carboxylic acids is 1. The van der Waals surface area contributed by atoms with E-state index in [1.807, 2.05) is 24.3 Å². The van der Waals surface area contributed by atoms with Gasteiger partial charge < -0.3 is 9.72 Å². The van der Waals surface area contributed by atoms with E-state index in [9.17, 15) is 9.59 Å². The van der Waals surface area contributed by atoms with E-state index in [-0.39, 0.29) is 5.43 Å². The molecular weight excluding hydrogens is 358 g/mol. The van der Waals surface area contributed by atoms with Crippen LogP contribution in [0.2, 0.25) is 0 Å². The summed E-state index contributed by atoms with van der Waals surface area (Å²) in [5.74, 6) is -0.425. The Kier molecular flexibility index (Phi) is 4.30. The Morgan fingerprint density at radius 2 is 1.87 bits per heavy atom. The summed E-state index contributed by atoms with van der Waals surface area (Å²) < 4.78 is 5.94. The number of rotatable bonds is 3. The largest absolute Gasteiger partial charge is 0.462 e. The van der Waals surface area contributed by atoms with Crippen LogP contribution in [0.3, 0.4) is 0 Å². The number of esters is 1. The highest BCUT2D eigenvalue weighted by Gasteiger charge is 2.10. The van der Waals surface area contributed by atoms with Crippen LogP contribution in [0.1, 0.15) is 17.3 Å². The van der Waals surface area contributed by atoms with Gasteiger partial charge in [-0.2, -0.15) is 0 Å². The summed E-state index contributed by atoms with van der Waals surface area (Å²) in [6, 6.07) is 14.2. The molecular formula is C18H14BrNO3. The molecule has 0 spiro atoms. The Hall–Kier alpha value is -2.40. The van der Waals surface area contributed by atoms with Crippen molar-refractivity contribution in [3.8, 4) is 11.3 Å². The molecule has 3 rings (SSSR count). The Labute approximate surface area is 141 Å². The van der Waals surface area contributed by atoms with Gasteiger partial charge in [-0.25, -0.2) is 4.79 Å². The lowest BCUT2D eigenvalue weighted by Crippen LogP contribution is -2.08. The van der Waals surface area contributed by atoms with Gasteiger partial charge in [-0.15, -0.1) is 0 Å². The first-order valence-corrected chi connectivity index (χ1v) is 7.98. The summed E-state index contributed by atoms with van der Waals surface area (Å²) in [5, 5.41) is 0.469. The Balaban J connectivity index is 2.09. The standard InChI is InChI=1S/C18H14BrNO3/c1-2-23-18(22)12-5-8-15-14(9-12)17(21)10-16(20-15)11-3-6-13(19)7-4-11/h3-10H,2H2,1H3,(H,20,21). The summed E-state index contributed by atoms with van der Waals surface area (Å²) in [7, 11) is 0. The average Bonchev–Trinajstić information content (AvgIpc) is 2.55. The molecule has 0 unspecified atom stereocenters. The third-order valence-electron chi connectivity index (χ3n) is 3.50. The molecule has 0 atom stereocenters. The van der Waals surface area contributed by atoms with Crippen molar-refractivity contribution in [2.75, 3.05) is 6.61 Å². The average molecular weight is 372 g/mol. The van der Waals surface area contributed by atoms with Crippen LogP contribution in [0.15, 0.2) is 57.8 Å². The first-order valence-electron chi connectivity index (χ1n) is 7.18. The molecule has 0 radical (unpaired) electrons. The van der Waals surface area contributed by atoms with Crippen molar-refractivity contribution >= 4 is 32.8 Å². The van der Waals surface area contributed by atoms with Crippen molar-refractivity contribution in [3.63, 3.8) is 0 Å². The Bertz CT molecular complexity index is 929. The van der Waals surface area contributed by atoms with Crippen LogP contribution < -0.4 is 5.43 Å². The van der Waals surface area contributed by atoms with Gasteiger partial charge in [-0.3, -0.25) is 4.79 Å². The molecule has 5 heteroatoms. The van der Waals surface area contributed by atoms with Crippen LogP contribution in [-0.2, 0) is 4.74 Å². The van der Waals surface area contributed by atoms with Crippen LogP contribution in [-0.4, -0.2) is 17.6 Å². The fourth-order valence-electron chi connectivity index (χ4n) is 2.37. The van der Waals surface area contributed by atoms with E-state index in [1.165, 1.54) is 0 Å². The van der Waals surface area contributed by atoms with Crippen molar-refractivity contribution in [1.29, 1.82) is 0 Å². The van der Waals surface area contributed by atoms with E-state index < -0.39 is 5.97 Å². The smallest absolute Gasteiger partial charge is 0.338 e. The van der Waals surface area contributed by atoms with E-state index in [0.29, 0.717) is 23.1 Å². The zero-order chi connectivity index (χ0) is 16.4. The van der Waals surface area contributed by atoms with Gasteiger partial charge in [0.05, 0.1) is 12.2 Å². The SMILES string of the molecule is CCOC(=O)c1ccc2[nH]c(-c3ccc(Br)cc3)cc(=O)c2c1. The molecule has 1 N–H and O–H groups in total. The summed E-state index contributed by atoms with van der Waals surface area (Å²) >= 11 is 3.39. The Morgan fingerprint density at radius 3 is 2.57 bits per heavy atom. The van der Waals surface area contributed by atoms with E-state index in [0.717, 1.165) is 15.7 Å². The van der Waals surface area contributed by atoms with Gasteiger partial charge in [0.25, 0.3) is 0 Å². The second kappa shape index (κ2) is 6.38. The van der Waals surface area contributed by atoms with Crippen LogP contribution in [0.5, 0.6) is 0 Å². The molecule has 23 heavy (non-hydrogen) atoms. The second-order valence-corrected chi connectivity index (χ2v) is 5.95. The van der Waals surface area contributed by atoms with Crippen molar-refractivity contribution < 1.29 is 9.53 Å². The predicted octanol–water partition coefficient (Wildman–Crippen LogP) is 4.13. The topological polar surface area (TPSA) is 59.2 Å². The second-order valence-electron chi connectivity index (χ2n) is 5.03. The van der Waals surface area contributed by atoms with E-state index in [2.05, 4.69) is 20.9 Å². The molecule has 4 nitrogen and oxygen atoms in total. The number of pyridine rings is 1. The van der Waals surface area contributed by atoms with Crippen LogP contribution >= 0.6 is 15.9 Å². The van der Waals surface area contributed by atoms with Crippen molar-refractivity contribution in [2.24, 2.45) is 0 Å². The predicted molar refractivity (Wildman–Crippen MR) is 93.7 cm³/mol. The van der Waals surface area contributed by atoms with Crippen molar-refractivity contribution in [1.82, 2.24) is 4.98 Å². The molecule has 0 aliphatic heterocycles. The molecule has 0 fully saturated rings. The van der Waals surface area contributed by atoms with Gasteiger partial charge >= 0.3 is 5.97 Å². The lowest BCUT2D eigenvalue weighted by Gasteiger charge is -2.07. The third kappa shape index (κ3) is 3.19. The number of benzene rings is 2. The first-order chi connectivity index (χ1) is 11.1. The molecule has 0 aliphatic carbocycles. The highest BCUT2D eigenvalue weighted by Crippen LogP contribution is 2.21. The van der Waals surface area contributed by atoms with E-state index >= 15 is 0 Å². The van der Waals surface area contributed by atoms with Crippen molar-refractivity contribution in [2.45, 2.75) is 6.92 Å². The summed E-state index contributed by atoms with van der Waals surface area (Å²) in [5.41, 5.74) is 2.58. The molecule has 1 heterocycles. The number of H-pyrrole nitrogens is 1. The fraction of sp³-hybridized carbons (Fsp3) is 0.111. The lowest BCUT2D eigenvalue weighted by atomic mass is 10.1. The number of carbonyl (C=O) groups is 1. The van der Waals surface area contributed by atoms with Crippen LogP contribution in [0.4, 0.5) is 0 Å². The maximum atomic E-state index is 12.4. The molecule has 2 aromatic carbocycles. The zero-order valence-corrected chi connectivity index (χ0v) is 14.0. The number of hydrogen-bond donors (Lipinski definition) is 1. The third-order valence-corrected chi connectivity index (χ3v) is 4.02. The normalized spacial score (nSPS) is 10.7. The number of nitrogens with one attached hydrogen (secondary N) is 1. The lowest BCUT2D eigenvalue weighted by molar-refractivity contribution is 0.0526. The minimum atomic E-state index is -0.425. The molecule has 3 aromatic rings. The number of halogens is 1. The minimum Gasteiger partial charge on any atom is -0.462 e. The maximum absolute atomic E-state index is 12.4. The molecule has 1 aromatic heterocycles. The number of aromatic nitrogens is 1. The molecule has 0 saturated carbocycles. The highest BCUT2D eigenvalue weighted by atomic mass is 79.9. The number of fused-ring (bicyclic) bond motifs is 1. The van der Waals surface area contributed by atoms with Gasteiger partial charge in [-0.1, -0.05) is 28.1 Å². The molecule has 116 valence electrons. The first kappa shape index (κ1) is 15.5. The number of hydrogen-bond acceptors (Lipinski definition) is 3. The van der Waals surface area contributed by atoms with E-state index in [4.69, 9.17) is 4.74 Å². The minimum absolute atomic E-state index is 0.136. The summed E-state index contributed by atoms with van der Waals surface area (Å²) in [6.45, 7) is 2.05. The molecule has 0 bridgehead atoms. The molecule has 0 amide bonds. The quantitative estimate of drug-likeness (QED) is 0.704. The summed E-state index contributed by atoms with van der Waals surface area (Å²) in [4.78, 5) is 27.4. The number of aromatic amines is 1. The zero-order valence-electron chi connectivity index (χ0n) is 12.4. The molecule has 0 aliphatic rings. The van der Waals surface area contributed by atoms with Crippen LogP contribution in [0, 0.1) is 0 Å². The monoisotopic (exact) mass is 371 g/mol. The maximum Gasteiger partial charge on any atom is 0.338 e. The van der Waals surface area contributed by atoms with Crippen molar-refractivity contribution in [3.05, 3.63) is 68.8 Å². The van der Waals surface area contributed by atoms with E-state index in [1.54, 1.807) is 31.2 Å². The highest BCUT2D eigenvalue weighted by molar-refractivity contribution is 9.10. The fourth-order valence-corrected chi connectivity index (χ4v) is 2.64. The molecule has 0 saturated heterocycles. The summed E-state index contributed by atoms with van der Waals surface area (Å²) in [6.07, 6.45) is 0. The van der Waals surface area contributed by atoms with Gasteiger partial charge in [0.1, 0.15) is 0 Å².